The van der Waals surface area contributed by atoms with Crippen molar-refractivity contribution in [2.75, 3.05) is 7.11 Å². The molecule has 0 saturated heterocycles. The summed E-state index contributed by atoms with van der Waals surface area (Å²) >= 11 is 0. The molecule has 1 atom stereocenters. The minimum atomic E-state index is -0.201. The number of aliphatic hydroxyl groups is 1. The lowest BCUT2D eigenvalue weighted by Gasteiger charge is -2.17. The molecular weight excluding hydrogens is 204 g/mol. The van der Waals surface area contributed by atoms with Gasteiger partial charge >= 0.3 is 5.97 Å². The van der Waals surface area contributed by atoms with E-state index in [1.165, 1.54) is 7.11 Å². The molecule has 1 N–H and O–H groups in total. The highest BCUT2D eigenvalue weighted by Gasteiger charge is 2.21. The van der Waals surface area contributed by atoms with Crippen molar-refractivity contribution < 1.29 is 14.6 Å². The summed E-state index contributed by atoms with van der Waals surface area (Å²) < 4.78 is 4.72. The van der Waals surface area contributed by atoms with E-state index in [1.54, 1.807) is 0 Å². The number of fused-ring (bicyclic) bond motifs is 1. The summed E-state index contributed by atoms with van der Waals surface area (Å²) in [4.78, 5) is 11.4. The summed E-state index contributed by atoms with van der Waals surface area (Å²) in [7, 11) is 1.40. The van der Waals surface area contributed by atoms with Crippen molar-refractivity contribution in [3.05, 3.63) is 41.0 Å². The molecule has 0 saturated carbocycles. The molecule has 16 heavy (non-hydrogen) atoms. The van der Waals surface area contributed by atoms with Crippen LogP contribution in [0, 0.1) is 5.92 Å². The number of rotatable bonds is 2. The largest absolute Gasteiger partial charge is 0.469 e. The maximum Gasteiger partial charge on any atom is 0.312 e. The molecule has 1 aliphatic rings. The van der Waals surface area contributed by atoms with Crippen molar-refractivity contribution in [3.63, 3.8) is 0 Å². The Balaban J connectivity index is 2.26. The van der Waals surface area contributed by atoms with Crippen LogP contribution in [-0.4, -0.2) is 18.2 Å². The van der Waals surface area contributed by atoms with Gasteiger partial charge in [0.1, 0.15) is 0 Å². The smallest absolute Gasteiger partial charge is 0.312 e. The van der Waals surface area contributed by atoms with E-state index in [0.29, 0.717) is 6.42 Å². The molecule has 1 aliphatic carbocycles. The van der Waals surface area contributed by atoms with Gasteiger partial charge in [-0.05, 0) is 29.2 Å². The zero-order valence-corrected chi connectivity index (χ0v) is 9.14. The molecule has 1 aromatic rings. The van der Waals surface area contributed by atoms with Crippen LogP contribution >= 0.6 is 0 Å². The fourth-order valence-electron chi connectivity index (χ4n) is 1.92. The maximum atomic E-state index is 11.4. The summed E-state index contributed by atoms with van der Waals surface area (Å²) in [5.41, 5.74) is 3.08. The summed E-state index contributed by atoms with van der Waals surface area (Å²) in [6, 6.07) is 5.78. The standard InChI is InChI=1S/C13H14O3/c1-16-13(15)12-5-4-10-6-9(8-14)2-3-11(10)7-12/h2-6,12,14H,7-8H2,1H3/t12-/m1/s1. The predicted molar refractivity (Wildman–Crippen MR) is 60.6 cm³/mol. The molecule has 2 rings (SSSR count). The van der Waals surface area contributed by atoms with Gasteiger partial charge < -0.3 is 9.84 Å². The first-order valence-corrected chi connectivity index (χ1v) is 5.23. The fourth-order valence-corrected chi connectivity index (χ4v) is 1.92. The summed E-state index contributed by atoms with van der Waals surface area (Å²) in [5.74, 6) is -0.384. The van der Waals surface area contributed by atoms with Gasteiger partial charge in [0, 0.05) is 0 Å². The molecule has 0 fully saturated rings. The van der Waals surface area contributed by atoms with E-state index in [1.807, 2.05) is 30.4 Å². The van der Waals surface area contributed by atoms with Crippen LogP contribution < -0.4 is 0 Å². The third-order valence-corrected chi connectivity index (χ3v) is 2.84. The number of esters is 1. The number of hydrogen-bond acceptors (Lipinski definition) is 3. The highest BCUT2D eigenvalue weighted by Crippen LogP contribution is 2.24. The normalized spacial score (nSPS) is 18.0. The van der Waals surface area contributed by atoms with Crippen LogP contribution in [-0.2, 0) is 22.6 Å². The van der Waals surface area contributed by atoms with Crippen molar-refractivity contribution >= 4 is 12.0 Å². The van der Waals surface area contributed by atoms with Crippen LogP contribution in [0.15, 0.2) is 24.3 Å². The molecule has 1 aromatic carbocycles. The lowest BCUT2D eigenvalue weighted by Crippen LogP contribution is -2.19. The summed E-state index contributed by atoms with van der Waals surface area (Å²) in [5, 5.41) is 9.02. The monoisotopic (exact) mass is 218 g/mol. The molecule has 0 aliphatic heterocycles. The van der Waals surface area contributed by atoms with Crippen LogP contribution in [0.4, 0.5) is 0 Å². The van der Waals surface area contributed by atoms with Gasteiger partial charge in [0.05, 0.1) is 19.6 Å². The van der Waals surface area contributed by atoms with E-state index in [0.717, 1.165) is 16.7 Å². The molecule has 0 unspecified atom stereocenters. The molecule has 3 heteroatoms. The lowest BCUT2D eigenvalue weighted by molar-refractivity contribution is -0.143. The van der Waals surface area contributed by atoms with Crippen molar-refractivity contribution in [3.8, 4) is 0 Å². The van der Waals surface area contributed by atoms with E-state index in [4.69, 9.17) is 9.84 Å². The quantitative estimate of drug-likeness (QED) is 0.766. The molecule has 84 valence electrons. The van der Waals surface area contributed by atoms with Gasteiger partial charge in [-0.1, -0.05) is 24.3 Å². The first kappa shape index (κ1) is 10.9. The van der Waals surface area contributed by atoms with Gasteiger partial charge in [-0.25, -0.2) is 0 Å². The Bertz CT molecular complexity index is 435. The number of benzene rings is 1. The van der Waals surface area contributed by atoms with E-state index in [2.05, 4.69) is 0 Å². The highest BCUT2D eigenvalue weighted by molar-refractivity contribution is 5.78. The molecule has 0 amide bonds. The molecule has 0 spiro atoms. The number of aliphatic hydroxyl groups excluding tert-OH is 1. The predicted octanol–water partition coefficient (Wildman–Crippen LogP) is 1.54. The van der Waals surface area contributed by atoms with Gasteiger partial charge in [-0.3, -0.25) is 4.79 Å². The number of methoxy groups -OCH3 is 1. The second kappa shape index (κ2) is 4.49. The highest BCUT2D eigenvalue weighted by atomic mass is 16.5. The van der Waals surface area contributed by atoms with Crippen LogP contribution in [0.1, 0.15) is 16.7 Å². The lowest BCUT2D eigenvalue weighted by atomic mass is 9.89. The van der Waals surface area contributed by atoms with E-state index < -0.39 is 0 Å². The van der Waals surface area contributed by atoms with Crippen molar-refractivity contribution in [2.24, 2.45) is 5.92 Å². The van der Waals surface area contributed by atoms with E-state index >= 15 is 0 Å². The maximum absolute atomic E-state index is 11.4. The SMILES string of the molecule is COC(=O)[C@@H]1C=Cc2cc(CO)ccc2C1. The average Bonchev–Trinajstić information content (AvgIpc) is 2.36. The van der Waals surface area contributed by atoms with Crippen LogP contribution in [0.3, 0.4) is 0 Å². The Morgan fingerprint density at radius 3 is 3.06 bits per heavy atom. The second-order valence-corrected chi connectivity index (χ2v) is 3.88. The van der Waals surface area contributed by atoms with Crippen LogP contribution in [0.2, 0.25) is 0 Å². The average molecular weight is 218 g/mol. The van der Waals surface area contributed by atoms with Crippen LogP contribution in [0.25, 0.3) is 6.08 Å². The zero-order chi connectivity index (χ0) is 11.5. The number of ether oxygens (including phenoxy) is 1. The first-order chi connectivity index (χ1) is 7.74. The number of carbonyl (C=O) groups is 1. The van der Waals surface area contributed by atoms with Gasteiger partial charge in [0.25, 0.3) is 0 Å². The minimum Gasteiger partial charge on any atom is -0.469 e. The molecule has 0 aromatic heterocycles. The number of carbonyl (C=O) groups excluding carboxylic acids is 1. The Hall–Kier alpha value is -1.61. The van der Waals surface area contributed by atoms with E-state index in [9.17, 15) is 4.79 Å². The summed E-state index contributed by atoms with van der Waals surface area (Å²) in [6.07, 6.45) is 4.44. The molecule has 0 bridgehead atoms. The van der Waals surface area contributed by atoms with E-state index in [-0.39, 0.29) is 18.5 Å². The molecule has 0 radical (unpaired) electrons. The van der Waals surface area contributed by atoms with Gasteiger partial charge in [0.15, 0.2) is 0 Å². The van der Waals surface area contributed by atoms with Crippen molar-refractivity contribution in [2.45, 2.75) is 13.0 Å². The van der Waals surface area contributed by atoms with Crippen molar-refractivity contribution in [1.82, 2.24) is 0 Å². The van der Waals surface area contributed by atoms with Gasteiger partial charge in [-0.15, -0.1) is 0 Å². The molecular formula is C13H14O3. The molecule has 3 nitrogen and oxygen atoms in total. The topological polar surface area (TPSA) is 46.5 Å². The fraction of sp³-hybridized carbons (Fsp3) is 0.308. The van der Waals surface area contributed by atoms with Crippen molar-refractivity contribution in [1.29, 1.82) is 0 Å². The third kappa shape index (κ3) is 1.99. The Morgan fingerprint density at radius 2 is 2.38 bits per heavy atom. The third-order valence-electron chi connectivity index (χ3n) is 2.84. The summed E-state index contributed by atoms with van der Waals surface area (Å²) in [6.45, 7) is 0.0432. The Labute approximate surface area is 94.4 Å². The van der Waals surface area contributed by atoms with Crippen LogP contribution in [0.5, 0.6) is 0 Å². The van der Waals surface area contributed by atoms with Gasteiger partial charge in [0.2, 0.25) is 0 Å². The zero-order valence-electron chi connectivity index (χ0n) is 9.14. The minimum absolute atomic E-state index is 0.0432. The first-order valence-electron chi connectivity index (χ1n) is 5.23. The Morgan fingerprint density at radius 1 is 1.56 bits per heavy atom. The van der Waals surface area contributed by atoms with Gasteiger partial charge in [-0.2, -0.15) is 0 Å². The molecule has 0 heterocycles. The Kier molecular flexibility index (Phi) is 3.06. The second-order valence-electron chi connectivity index (χ2n) is 3.88. The number of hydrogen-bond donors (Lipinski definition) is 1.